The Labute approximate surface area is 227 Å². The highest BCUT2D eigenvalue weighted by Gasteiger charge is 2.43. The van der Waals surface area contributed by atoms with Crippen molar-refractivity contribution in [2.75, 3.05) is 10.2 Å². The Morgan fingerprint density at radius 2 is 1.85 bits per heavy atom. The van der Waals surface area contributed by atoms with Gasteiger partial charge in [0.1, 0.15) is 11.5 Å². The third-order valence-electron chi connectivity index (χ3n) is 8.54. The zero-order chi connectivity index (χ0) is 27.4. The van der Waals surface area contributed by atoms with Crippen LogP contribution in [0, 0.1) is 13.8 Å². The zero-order valence-corrected chi connectivity index (χ0v) is 22.8. The number of carboxylic acids is 1. The van der Waals surface area contributed by atoms with Gasteiger partial charge in [-0.05, 0) is 76.3 Å². The first kappa shape index (κ1) is 25.2. The molecule has 2 N–H and O–H groups in total. The predicted octanol–water partition coefficient (Wildman–Crippen LogP) is 4.83. The molecule has 9 heteroatoms. The average molecular weight is 527 g/mol. The van der Waals surface area contributed by atoms with E-state index in [1.807, 2.05) is 57.0 Å². The molecule has 2 aliphatic heterocycles. The molecule has 3 atom stereocenters. The van der Waals surface area contributed by atoms with Crippen molar-refractivity contribution in [2.24, 2.45) is 7.05 Å². The van der Waals surface area contributed by atoms with Crippen LogP contribution in [0.25, 0.3) is 5.65 Å². The molecule has 0 saturated carbocycles. The molecule has 0 spiro atoms. The molecule has 2 unspecified atom stereocenters. The fourth-order valence-corrected chi connectivity index (χ4v) is 6.71. The number of nitrogens with zero attached hydrogens (tertiary/aromatic N) is 5. The second-order valence-electron chi connectivity index (χ2n) is 11.1. The van der Waals surface area contributed by atoms with Gasteiger partial charge >= 0.3 is 5.97 Å². The van der Waals surface area contributed by atoms with Gasteiger partial charge in [-0.25, -0.2) is 9.78 Å². The number of rotatable bonds is 6. The van der Waals surface area contributed by atoms with Gasteiger partial charge in [-0.2, -0.15) is 5.10 Å². The van der Waals surface area contributed by atoms with Crippen molar-refractivity contribution in [3.8, 4) is 0 Å². The predicted molar refractivity (Wildman–Crippen MR) is 151 cm³/mol. The maximum absolute atomic E-state index is 13.7. The summed E-state index contributed by atoms with van der Waals surface area (Å²) in [6.07, 6.45) is 7.91. The number of carbonyl (C=O) groups is 1. The second kappa shape index (κ2) is 9.55. The fraction of sp³-hybridized carbons (Fsp3) is 0.400. The van der Waals surface area contributed by atoms with Crippen molar-refractivity contribution < 1.29 is 9.90 Å². The van der Waals surface area contributed by atoms with E-state index in [4.69, 9.17) is 4.98 Å². The normalized spacial score (nSPS) is 21.3. The summed E-state index contributed by atoms with van der Waals surface area (Å²) in [7, 11) is 2.01. The number of hydrogen-bond donors (Lipinski definition) is 2. The summed E-state index contributed by atoms with van der Waals surface area (Å²) < 4.78 is 3.63. The van der Waals surface area contributed by atoms with E-state index in [-0.39, 0.29) is 17.2 Å². The molecule has 39 heavy (non-hydrogen) atoms. The molecule has 1 aromatic carbocycles. The number of para-hydroxylation sites is 1. The number of aromatic nitrogens is 4. The molecule has 2 fully saturated rings. The van der Waals surface area contributed by atoms with E-state index < -0.39 is 5.97 Å². The number of benzene rings is 1. The first-order chi connectivity index (χ1) is 18.7. The first-order valence-corrected chi connectivity index (χ1v) is 13.6. The van der Waals surface area contributed by atoms with Gasteiger partial charge in [0.2, 0.25) is 0 Å². The van der Waals surface area contributed by atoms with Crippen LogP contribution in [0.4, 0.5) is 11.5 Å². The van der Waals surface area contributed by atoms with Crippen LogP contribution < -0.4 is 15.8 Å². The number of hydrogen-bond acceptors (Lipinski definition) is 6. The van der Waals surface area contributed by atoms with Crippen LogP contribution in [-0.4, -0.2) is 42.3 Å². The highest BCUT2D eigenvalue weighted by Crippen LogP contribution is 2.45. The van der Waals surface area contributed by atoms with Gasteiger partial charge in [0, 0.05) is 54.4 Å². The molecule has 5 heterocycles. The van der Waals surface area contributed by atoms with Gasteiger partial charge in [-0.1, -0.05) is 12.1 Å². The first-order valence-electron chi connectivity index (χ1n) is 13.6. The lowest BCUT2D eigenvalue weighted by Gasteiger charge is -2.40. The van der Waals surface area contributed by atoms with E-state index in [2.05, 4.69) is 21.4 Å². The minimum atomic E-state index is -0.989. The van der Waals surface area contributed by atoms with E-state index in [1.54, 1.807) is 22.6 Å². The highest BCUT2D eigenvalue weighted by molar-refractivity contribution is 5.94. The van der Waals surface area contributed by atoms with E-state index >= 15 is 0 Å². The lowest BCUT2D eigenvalue weighted by atomic mass is 9.88. The summed E-state index contributed by atoms with van der Waals surface area (Å²) in [4.78, 5) is 33.1. The number of nitrogens with one attached hydrogen (secondary N) is 1. The third kappa shape index (κ3) is 4.26. The maximum atomic E-state index is 13.7. The Hall–Kier alpha value is -4.14. The summed E-state index contributed by atoms with van der Waals surface area (Å²) in [5, 5.41) is 17.4. The number of piperidine rings is 1. The Kier molecular flexibility index (Phi) is 6.16. The average Bonchev–Trinajstić information content (AvgIpc) is 3.45. The minimum absolute atomic E-state index is 0.0637. The van der Waals surface area contributed by atoms with Gasteiger partial charge in [-0.3, -0.25) is 13.9 Å². The molecule has 0 amide bonds. The Morgan fingerprint density at radius 1 is 1.13 bits per heavy atom. The summed E-state index contributed by atoms with van der Waals surface area (Å²) in [6, 6.07) is 11.4. The van der Waals surface area contributed by atoms with Crippen LogP contribution in [0.15, 0.2) is 53.6 Å². The lowest BCUT2D eigenvalue weighted by molar-refractivity contribution is 0.0698. The molecule has 6 rings (SSSR count). The molecule has 4 aromatic rings. The summed E-state index contributed by atoms with van der Waals surface area (Å²) >= 11 is 0. The topological polar surface area (TPSA) is 105 Å². The van der Waals surface area contributed by atoms with Crippen molar-refractivity contribution in [2.45, 2.75) is 70.5 Å². The number of pyridine rings is 1. The molecular formula is C30H34N6O3. The van der Waals surface area contributed by atoms with E-state index in [0.29, 0.717) is 34.9 Å². The van der Waals surface area contributed by atoms with Gasteiger partial charge in [0.05, 0.1) is 17.2 Å². The number of aryl methyl sites for hydroxylation is 2. The molecular weight excluding hydrogens is 492 g/mol. The molecule has 0 radical (unpaired) electrons. The van der Waals surface area contributed by atoms with Crippen LogP contribution in [0.2, 0.25) is 0 Å². The number of fused-ring (bicyclic) bond motifs is 3. The van der Waals surface area contributed by atoms with E-state index in [9.17, 15) is 14.7 Å². The fourth-order valence-electron chi connectivity index (χ4n) is 6.71. The Morgan fingerprint density at radius 3 is 2.51 bits per heavy atom. The zero-order valence-electron chi connectivity index (χ0n) is 22.8. The SMILES string of the molecule is Cc1cc([C@@H](C)Nc2ccccc2C(=O)O)c2nc(N3C4CCC3CC(c3ccnn3C)C4)c(C)c(=O)n2c1. The quantitative estimate of drug-likeness (QED) is 0.371. The molecule has 2 bridgehead atoms. The number of anilines is 2. The summed E-state index contributed by atoms with van der Waals surface area (Å²) in [5.74, 6) is 0.237. The smallest absolute Gasteiger partial charge is 0.337 e. The van der Waals surface area contributed by atoms with Gasteiger partial charge in [-0.15, -0.1) is 0 Å². The van der Waals surface area contributed by atoms with Crippen LogP contribution in [0.1, 0.15) is 77.3 Å². The van der Waals surface area contributed by atoms with Crippen LogP contribution in [-0.2, 0) is 7.05 Å². The van der Waals surface area contributed by atoms with Crippen molar-refractivity contribution in [3.63, 3.8) is 0 Å². The summed E-state index contributed by atoms with van der Waals surface area (Å²) in [6.45, 7) is 5.82. The largest absolute Gasteiger partial charge is 0.478 e. The Bertz CT molecular complexity index is 1630. The third-order valence-corrected chi connectivity index (χ3v) is 8.54. The van der Waals surface area contributed by atoms with E-state index in [1.165, 1.54) is 5.69 Å². The molecule has 2 aliphatic rings. The van der Waals surface area contributed by atoms with Crippen molar-refractivity contribution >= 4 is 23.1 Å². The van der Waals surface area contributed by atoms with Crippen LogP contribution in [0.5, 0.6) is 0 Å². The van der Waals surface area contributed by atoms with Gasteiger partial charge in [0.25, 0.3) is 5.56 Å². The van der Waals surface area contributed by atoms with Crippen LogP contribution in [0.3, 0.4) is 0 Å². The lowest BCUT2D eigenvalue weighted by Crippen LogP contribution is -2.44. The second-order valence-corrected chi connectivity index (χ2v) is 11.1. The molecule has 0 aliphatic carbocycles. The molecule has 2 saturated heterocycles. The van der Waals surface area contributed by atoms with Gasteiger partial charge < -0.3 is 15.3 Å². The standard InChI is InChI=1S/C30H34N6O3/c1-17-13-24(19(3)32-25-8-6-5-7-23(25)30(38)39)28-33-27(18(2)29(37)35(28)16-17)36-21-9-10-22(36)15-20(14-21)26-11-12-31-34(26)4/h5-8,11-13,16,19-22,32H,9-10,14-15H2,1-4H3,(H,38,39)/t19-,20?,21?,22?/m1/s1. The maximum Gasteiger partial charge on any atom is 0.337 e. The minimum Gasteiger partial charge on any atom is -0.478 e. The van der Waals surface area contributed by atoms with Crippen molar-refractivity contribution in [1.29, 1.82) is 0 Å². The molecule has 202 valence electrons. The monoisotopic (exact) mass is 526 g/mol. The van der Waals surface area contributed by atoms with Crippen molar-refractivity contribution in [1.82, 2.24) is 19.2 Å². The number of carboxylic acid groups (broad SMARTS) is 1. The van der Waals surface area contributed by atoms with Crippen molar-refractivity contribution in [3.05, 3.63) is 87.1 Å². The highest BCUT2D eigenvalue weighted by atomic mass is 16.4. The van der Waals surface area contributed by atoms with E-state index in [0.717, 1.165) is 42.6 Å². The summed E-state index contributed by atoms with van der Waals surface area (Å²) in [5.41, 5.74) is 5.00. The molecule has 9 nitrogen and oxygen atoms in total. The Balaban J connectivity index is 1.40. The van der Waals surface area contributed by atoms with Gasteiger partial charge in [0.15, 0.2) is 0 Å². The molecule has 3 aromatic heterocycles. The van der Waals surface area contributed by atoms with Crippen LogP contribution >= 0.6 is 0 Å². The number of aromatic carboxylic acids is 1.